The summed E-state index contributed by atoms with van der Waals surface area (Å²) in [5.74, 6) is 1.29. The maximum atomic E-state index is 12.2. The van der Waals surface area contributed by atoms with Gasteiger partial charge in [0.15, 0.2) is 5.16 Å². The van der Waals surface area contributed by atoms with Gasteiger partial charge >= 0.3 is 0 Å². The highest BCUT2D eigenvalue weighted by Gasteiger charge is 2.19. The summed E-state index contributed by atoms with van der Waals surface area (Å²) in [6, 6.07) is 8.57. The molecular formula is C17H21N5OS. The van der Waals surface area contributed by atoms with Gasteiger partial charge in [-0.2, -0.15) is 0 Å². The molecule has 0 aliphatic heterocycles. The van der Waals surface area contributed by atoms with Gasteiger partial charge in [0.1, 0.15) is 0 Å². The molecule has 6 nitrogen and oxygen atoms in total. The largest absolute Gasteiger partial charge is 0.353 e. The number of aromatic nitrogens is 4. The van der Waals surface area contributed by atoms with Gasteiger partial charge in [-0.3, -0.25) is 9.20 Å². The van der Waals surface area contributed by atoms with Gasteiger partial charge in [0.25, 0.3) is 0 Å². The molecule has 126 valence electrons. The standard InChI is InChI=1S/C17H21N5OS/c1-2-21-13-9-5-6-10-14(13)22-16(21)19-20-17(22)24-11-15(23)18-12-7-3-4-8-12/h5-6,9-10,12H,2-4,7-8,11H2,1H3,(H,18,23). The molecule has 0 radical (unpaired) electrons. The Morgan fingerprint density at radius 1 is 1.25 bits per heavy atom. The van der Waals surface area contributed by atoms with Crippen molar-refractivity contribution in [2.45, 2.75) is 50.4 Å². The molecule has 1 N–H and O–H groups in total. The zero-order chi connectivity index (χ0) is 16.5. The highest BCUT2D eigenvalue weighted by atomic mass is 32.2. The number of para-hydroxylation sites is 2. The third kappa shape index (κ3) is 2.66. The number of imidazole rings is 1. The number of amides is 1. The van der Waals surface area contributed by atoms with Crippen molar-refractivity contribution in [2.75, 3.05) is 5.75 Å². The van der Waals surface area contributed by atoms with Gasteiger partial charge in [-0.15, -0.1) is 10.2 Å². The molecule has 2 aromatic heterocycles. The number of rotatable bonds is 5. The van der Waals surface area contributed by atoms with E-state index in [9.17, 15) is 4.79 Å². The van der Waals surface area contributed by atoms with Crippen molar-refractivity contribution >= 4 is 34.5 Å². The monoisotopic (exact) mass is 343 g/mol. The average Bonchev–Trinajstić information content (AvgIpc) is 3.29. The molecule has 1 aliphatic rings. The topological polar surface area (TPSA) is 64.2 Å². The Labute approximate surface area is 144 Å². The second-order valence-electron chi connectivity index (χ2n) is 6.19. The summed E-state index contributed by atoms with van der Waals surface area (Å²) >= 11 is 1.45. The number of fused-ring (bicyclic) bond motifs is 3. The lowest BCUT2D eigenvalue weighted by atomic mass is 10.2. The number of carbonyl (C=O) groups is 1. The van der Waals surface area contributed by atoms with Crippen molar-refractivity contribution < 1.29 is 4.79 Å². The van der Waals surface area contributed by atoms with Crippen molar-refractivity contribution in [2.24, 2.45) is 0 Å². The van der Waals surface area contributed by atoms with Crippen LogP contribution in [0, 0.1) is 0 Å². The molecule has 0 bridgehead atoms. The molecule has 7 heteroatoms. The second-order valence-corrected chi connectivity index (χ2v) is 7.13. The maximum absolute atomic E-state index is 12.2. The van der Waals surface area contributed by atoms with Gasteiger partial charge in [0.05, 0.1) is 16.8 Å². The summed E-state index contributed by atoms with van der Waals surface area (Å²) in [6.07, 6.45) is 4.66. The predicted octanol–water partition coefficient (Wildman–Crippen LogP) is 2.85. The molecule has 0 unspecified atom stereocenters. The molecule has 1 saturated carbocycles. The van der Waals surface area contributed by atoms with E-state index < -0.39 is 0 Å². The fourth-order valence-corrected chi connectivity index (χ4v) is 4.26. The highest BCUT2D eigenvalue weighted by Crippen LogP contribution is 2.26. The van der Waals surface area contributed by atoms with Crippen LogP contribution >= 0.6 is 11.8 Å². The van der Waals surface area contributed by atoms with Crippen LogP contribution in [0.1, 0.15) is 32.6 Å². The van der Waals surface area contributed by atoms with E-state index in [1.54, 1.807) is 0 Å². The number of aryl methyl sites for hydroxylation is 1. The van der Waals surface area contributed by atoms with Crippen molar-refractivity contribution in [1.82, 2.24) is 24.5 Å². The number of hydrogen-bond donors (Lipinski definition) is 1. The quantitative estimate of drug-likeness (QED) is 0.724. The van der Waals surface area contributed by atoms with Gasteiger partial charge in [-0.1, -0.05) is 36.7 Å². The molecule has 24 heavy (non-hydrogen) atoms. The van der Waals surface area contributed by atoms with Crippen molar-refractivity contribution in [3.8, 4) is 0 Å². The number of benzene rings is 1. The first-order valence-electron chi connectivity index (χ1n) is 8.52. The molecule has 2 heterocycles. The van der Waals surface area contributed by atoms with Gasteiger partial charge < -0.3 is 9.88 Å². The van der Waals surface area contributed by atoms with E-state index in [0.29, 0.717) is 11.8 Å². The zero-order valence-corrected chi connectivity index (χ0v) is 14.6. The lowest BCUT2D eigenvalue weighted by Gasteiger charge is -2.10. The average molecular weight is 343 g/mol. The molecule has 1 fully saturated rings. The lowest BCUT2D eigenvalue weighted by molar-refractivity contribution is -0.119. The Balaban J connectivity index is 1.57. The Morgan fingerprint density at radius 2 is 2.00 bits per heavy atom. The molecule has 0 saturated heterocycles. The molecule has 1 aromatic carbocycles. The van der Waals surface area contributed by atoms with Gasteiger partial charge in [0.2, 0.25) is 11.7 Å². The number of hydrogen-bond acceptors (Lipinski definition) is 4. The van der Waals surface area contributed by atoms with Crippen LogP contribution in [0.15, 0.2) is 29.4 Å². The molecule has 1 aliphatic carbocycles. The van der Waals surface area contributed by atoms with Gasteiger partial charge in [-0.05, 0) is 31.9 Å². The van der Waals surface area contributed by atoms with Crippen LogP contribution in [0.3, 0.4) is 0 Å². The minimum atomic E-state index is 0.0860. The predicted molar refractivity (Wildman–Crippen MR) is 95.3 cm³/mol. The number of nitrogens with zero attached hydrogens (tertiary/aromatic N) is 4. The Morgan fingerprint density at radius 3 is 2.75 bits per heavy atom. The van der Waals surface area contributed by atoms with Crippen LogP contribution in [0.5, 0.6) is 0 Å². The normalized spacial score (nSPS) is 15.5. The van der Waals surface area contributed by atoms with E-state index in [1.165, 1.54) is 24.6 Å². The van der Waals surface area contributed by atoms with E-state index >= 15 is 0 Å². The fourth-order valence-electron chi connectivity index (χ4n) is 3.51. The highest BCUT2D eigenvalue weighted by molar-refractivity contribution is 7.99. The van der Waals surface area contributed by atoms with E-state index in [2.05, 4.69) is 39.1 Å². The third-order valence-corrected chi connectivity index (χ3v) is 5.57. The maximum Gasteiger partial charge on any atom is 0.237 e. The smallest absolute Gasteiger partial charge is 0.237 e. The SMILES string of the molecule is CCn1c2ccccc2n2c(SCC(=O)NC3CCCC3)nnc12. The summed E-state index contributed by atoms with van der Waals surface area (Å²) in [6.45, 7) is 2.94. The zero-order valence-electron chi connectivity index (χ0n) is 13.7. The lowest BCUT2D eigenvalue weighted by Crippen LogP contribution is -2.33. The van der Waals surface area contributed by atoms with Crippen LogP contribution in [0.4, 0.5) is 0 Å². The second kappa shape index (κ2) is 6.47. The number of carbonyl (C=O) groups excluding carboxylic acids is 1. The first-order chi connectivity index (χ1) is 11.8. The Kier molecular flexibility index (Phi) is 4.18. The molecule has 4 rings (SSSR count). The summed E-state index contributed by atoms with van der Waals surface area (Å²) in [5.41, 5.74) is 2.22. The van der Waals surface area contributed by atoms with Gasteiger partial charge in [0, 0.05) is 12.6 Å². The molecule has 0 spiro atoms. The number of nitrogens with one attached hydrogen (secondary N) is 1. The first kappa shape index (κ1) is 15.5. The minimum absolute atomic E-state index is 0.0860. The van der Waals surface area contributed by atoms with Crippen LogP contribution in [0.25, 0.3) is 16.8 Å². The Hall–Kier alpha value is -2.02. The van der Waals surface area contributed by atoms with Crippen molar-refractivity contribution in [3.05, 3.63) is 24.3 Å². The summed E-state index contributed by atoms with van der Waals surface area (Å²) in [4.78, 5) is 12.2. The van der Waals surface area contributed by atoms with Crippen LogP contribution in [-0.4, -0.2) is 36.9 Å². The van der Waals surface area contributed by atoms with E-state index in [0.717, 1.165) is 41.4 Å². The Bertz CT molecular complexity index is 878. The summed E-state index contributed by atoms with van der Waals surface area (Å²) in [7, 11) is 0. The summed E-state index contributed by atoms with van der Waals surface area (Å²) in [5, 5.41) is 12.5. The fraction of sp³-hybridized carbons (Fsp3) is 0.471. The minimum Gasteiger partial charge on any atom is -0.353 e. The van der Waals surface area contributed by atoms with Crippen LogP contribution in [0.2, 0.25) is 0 Å². The molecule has 1 amide bonds. The van der Waals surface area contributed by atoms with Crippen molar-refractivity contribution in [3.63, 3.8) is 0 Å². The molecule has 0 atom stereocenters. The molecular weight excluding hydrogens is 322 g/mol. The third-order valence-electron chi connectivity index (χ3n) is 4.64. The summed E-state index contributed by atoms with van der Waals surface area (Å²) < 4.78 is 4.19. The van der Waals surface area contributed by atoms with Crippen LogP contribution in [-0.2, 0) is 11.3 Å². The first-order valence-corrected chi connectivity index (χ1v) is 9.51. The van der Waals surface area contributed by atoms with E-state index in [-0.39, 0.29) is 5.91 Å². The van der Waals surface area contributed by atoms with Crippen molar-refractivity contribution in [1.29, 1.82) is 0 Å². The van der Waals surface area contributed by atoms with E-state index in [4.69, 9.17) is 0 Å². The van der Waals surface area contributed by atoms with Gasteiger partial charge in [-0.25, -0.2) is 0 Å². The van der Waals surface area contributed by atoms with E-state index in [1.807, 2.05) is 16.5 Å². The van der Waals surface area contributed by atoms with Crippen LogP contribution < -0.4 is 5.32 Å². The number of thioether (sulfide) groups is 1. The molecule has 3 aromatic rings.